The number of rotatable bonds is 6. The molecule has 0 unspecified atom stereocenters. The van der Waals surface area contributed by atoms with Crippen LogP contribution in [0.25, 0.3) is 11.2 Å². The van der Waals surface area contributed by atoms with Crippen LogP contribution in [0.3, 0.4) is 0 Å². The van der Waals surface area contributed by atoms with Gasteiger partial charge in [0.15, 0.2) is 11.2 Å². The number of fused-ring (bicyclic) bond motifs is 1. The SMILES string of the molecule is COCCn1c(CNc2ccc(C)cc2)nc2c1c(=O)[nH]c(=O)n2C. The quantitative estimate of drug-likeness (QED) is 0.696. The van der Waals surface area contributed by atoms with E-state index in [4.69, 9.17) is 4.74 Å². The van der Waals surface area contributed by atoms with E-state index < -0.39 is 11.2 Å². The zero-order valence-corrected chi connectivity index (χ0v) is 14.5. The molecule has 0 saturated heterocycles. The highest BCUT2D eigenvalue weighted by atomic mass is 16.5. The van der Waals surface area contributed by atoms with Crippen molar-refractivity contribution in [3.05, 3.63) is 56.5 Å². The summed E-state index contributed by atoms with van der Waals surface area (Å²) in [6.07, 6.45) is 0. The number of aryl methyl sites for hydroxylation is 2. The van der Waals surface area contributed by atoms with Crippen molar-refractivity contribution in [1.29, 1.82) is 0 Å². The molecule has 0 aliphatic carbocycles. The molecule has 0 radical (unpaired) electrons. The van der Waals surface area contributed by atoms with E-state index in [2.05, 4.69) is 15.3 Å². The first-order valence-electron chi connectivity index (χ1n) is 7.99. The minimum absolute atomic E-state index is 0.366. The lowest BCUT2D eigenvalue weighted by Gasteiger charge is -2.10. The summed E-state index contributed by atoms with van der Waals surface area (Å²) in [6.45, 7) is 3.36. The fourth-order valence-corrected chi connectivity index (χ4v) is 2.69. The highest BCUT2D eigenvalue weighted by Gasteiger charge is 2.16. The number of hydrogen-bond donors (Lipinski definition) is 2. The summed E-state index contributed by atoms with van der Waals surface area (Å²) in [5.74, 6) is 0.666. The van der Waals surface area contributed by atoms with Crippen LogP contribution in [0.2, 0.25) is 0 Å². The third kappa shape index (κ3) is 3.34. The summed E-state index contributed by atoms with van der Waals surface area (Å²) in [7, 11) is 3.19. The average molecular weight is 343 g/mol. The molecule has 2 N–H and O–H groups in total. The van der Waals surface area contributed by atoms with Gasteiger partial charge in [0.05, 0.1) is 13.2 Å². The van der Waals surface area contributed by atoms with Crippen LogP contribution in [0.4, 0.5) is 5.69 Å². The van der Waals surface area contributed by atoms with E-state index in [0.717, 1.165) is 5.69 Å². The molecule has 2 heterocycles. The van der Waals surface area contributed by atoms with Gasteiger partial charge in [0.2, 0.25) is 0 Å². The normalized spacial score (nSPS) is 11.2. The summed E-state index contributed by atoms with van der Waals surface area (Å²) in [6, 6.07) is 8.01. The first-order chi connectivity index (χ1) is 12.0. The first-order valence-corrected chi connectivity index (χ1v) is 7.99. The molecule has 0 amide bonds. The molecule has 0 atom stereocenters. The maximum atomic E-state index is 12.3. The number of imidazole rings is 1. The second-order valence-electron chi connectivity index (χ2n) is 5.88. The van der Waals surface area contributed by atoms with Crippen molar-refractivity contribution in [1.82, 2.24) is 19.1 Å². The highest BCUT2D eigenvalue weighted by Crippen LogP contribution is 2.14. The minimum Gasteiger partial charge on any atom is -0.383 e. The summed E-state index contributed by atoms with van der Waals surface area (Å²) < 4.78 is 8.27. The smallest absolute Gasteiger partial charge is 0.329 e. The van der Waals surface area contributed by atoms with E-state index >= 15 is 0 Å². The van der Waals surface area contributed by atoms with E-state index in [1.807, 2.05) is 31.2 Å². The Bertz CT molecular complexity index is 998. The van der Waals surface area contributed by atoms with Gasteiger partial charge in [0.1, 0.15) is 5.82 Å². The lowest BCUT2D eigenvalue weighted by Crippen LogP contribution is -2.29. The predicted molar refractivity (Wildman–Crippen MR) is 96.0 cm³/mol. The van der Waals surface area contributed by atoms with Gasteiger partial charge < -0.3 is 14.6 Å². The Balaban J connectivity index is 2.02. The van der Waals surface area contributed by atoms with Gasteiger partial charge in [-0.05, 0) is 19.1 Å². The second kappa shape index (κ2) is 6.94. The highest BCUT2D eigenvalue weighted by molar-refractivity contribution is 5.71. The molecular formula is C17H21N5O3. The van der Waals surface area contributed by atoms with Crippen LogP contribution >= 0.6 is 0 Å². The van der Waals surface area contributed by atoms with Crippen LogP contribution < -0.4 is 16.6 Å². The van der Waals surface area contributed by atoms with Gasteiger partial charge in [0.25, 0.3) is 5.56 Å². The number of aromatic amines is 1. The molecule has 25 heavy (non-hydrogen) atoms. The summed E-state index contributed by atoms with van der Waals surface area (Å²) in [4.78, 5) is 30.9. The standard InChI is InChI=1S/C17H21N5O3/c1-11-4-6-12(7-5-11)18-10-13-19-15-14(22(13)8-9-25-3)16(23)20-17(24)21(15)2/h4-7,18H,8-10H2,1-3H3,(H,20,23,24). The van der Waals surface area contributed by atoms with Crippen LogP contribution in [0.5, 0.6) is 0 Å². The topological polar surface area (TPSA) is 93.9 Å². The van der Waals surface area contributed by atoms with Gasteiger partial charge >= 0.3 is 5.69 Å². The number of nitrogens with one attached hydrogen (secondary N) is 2. The Morgan fingerprint density at radius 1 is 1.24 bits per heavy atom. The van der Waals surface area contributed by atoms with Gasteiger partial charge in [-0.15, -0.1) is 0 Å². The molecule has 8 heteroatoms. The van der Waals surface area contributed by atoms with Crippen LogP contribution in [-0.4, -0.2) is 32.8 Å². The second-order valence-corrected chi connectivity index (χ2v) is 5.88. The Morgan fingerprint density at radius 2 is 1.96 bits per heavy atom. The number of methoxy groups -OCH3 is 1. The Kier molecular flexibility index (Phi) is 4.71. The van der Waals surface area contributed by atoms with Crippen molar-refractivity contribution in [3.8, 4) is 0 Å². The van der Waals surface area contributed by atoms with Gasteiger partial charge in [-0.2, -0.15) is 0 Å². The van der Waals surface area contributed by atoms with Gasteiger partial charge in [-0.25, -0.2) is 9.78 Å². The molecule has 8 nitrogen and oxygen atoms in total. The lowest BCUT2D eigenvalue weighted by molar-refractivity contribution is 0.187. The third-order valence-corrected chi connectivity index (χ3v) is 4.11. The molecule has 132 valence electrons. The summed E-state index contributed by atoms with van der Waals surface area (Å²) in [5.41, 5.74) is 1.96. The largest absolute Gasteiger partial charge is 0.383 e. The Labute approximate surface area is 144 Å². The molecule has 0 spiro atoms. The van der Waals surface area contributed by atoms with Crippen molar-refractivity contribution in [2.45, 2.75) is 20.0 Å². The van der Waals surface area contributed by atoms with Crippen molar-refractivity contribution >= 4 is 16.9 Å². The monoisotopic (exact) mass is 343 g/mol. The number of anilines is 1. The molecule has 0 bridgehead atoms. The maximum Gasteiger partial charge on any atom is 0.329 e. The fourth-order valence-electron chi connectivity index (χ4n) is 2.69. The number of nitrogens with zero attached hydrogens (tertiary/aromatic N) is 3. The minimum atomic E-state index is -0.480. The zero-order chi connectivity index (χ0) is 18.0. The average Bonchev–Trinajstić information content (AvgIpc) is 2.96. The maximum absolute atomic E-state index is 12.3. The fraction of sp³-hybridized carbons (Fsp3) is 0.353. The number of ether oxygens (including phenoxy) is 1. The van der Waals surface area contributed by atoms with Gasteiger partial charge in [-0.3, -0.25) is 14.3 Å². The van der Waals surface area contributed by atoms with Crippen molar-refractivity contribution in [2.24, 2.45) is 7.05 Å². The molecule has 0 aliphatic heterocycles. The lowest BCUT2D eigenvalue weighted by atomic mass is 10.2. The van der Waals surface area contributed by atoms with E-state index in [1.54, 1.807) is 18.7 Å². The zero-order valence-electron chi connectivity index (χ0n) is 14.5. The molecule has 0 aliphatic rings. The first kappa shape index (κ1) is 17.0. The Hall–Kier alpha value is -2.87. The van der Waals surface area contributed by atoms with Crippen molar-refractivity contribution in [3.63, 3.8) is 0 Å². The van der Waals surface area contributed by atoms with E-state index in [9.17, 15) is 9.59 Å². The van der Waals surface area contributed by atoms with Crippen LogP contribution in [0.1, 0.15) is 11.4 Å². The van der Waals surface area contributed by atoms with E-state index in [0.29, 0.717) is 36.7 Å². The molecular weight excluding hydrogens is 322 g/mol. The number of aromatic nitrogens is 4. The molecule has 3 rings (SSSR count). The summed E-state index contributed by atoms with van der Waals surface area (Å²) in [5, 5.41) is 3.30. The van der Waals surface area contributed by atoms with Crippen LogP contribution in [-0.2, 0) is 24.9 Å². The van der Waals surface area contributed by atoms with Gasteiger partial charge in [0, 0.05) is 26.4 Å². The van der Waals surface area contributed by atoms with Gasteiger partial charge in [-0.1, -0.05) is 17.7 Å². The molecule has 0 saturated carbocycles. The Morgan fingerprint density at radius 3 is 2.64 bits per heavy atom. The van der Waals surface area contributed by atoms with Crippen molar-refractivity contribution in [2.75, 3.05) is 19.0 Å². The van der Waals surface area contributed by atoms with Crippen LogP contribution in [0, 0.1) is 6.92 Å². The summed E-state index contributed by atoms with van der Waals surface area (Å²) >= 11 is 0. The molecule has 0 fully saturated rings. The molecule has 2 aromatic heterocycles. The number of H-pyrrole nitrogens is 1. The number of hydrogen-bond acceptors (Lipinski definition) is 5. The van der Waals surface area contributed by atoms with Crippen molar-refractivity contribution < 1.29 is 4.74 Å². The molecule has 3 aromatic rings. The third-order valence-electron chi connectivity index (χ3n) is 4.11. The van der Waals surface area contributed by atoms with E-state index in [-0.39, 0.29) is 0 Å². The molecule has 1 aromatic carbocycles. The van der Waals surface area contributed by atoms with Crippen LogP contribution in [0.15, 0.2) is 33.9 Å². The van der Waals surface area contributed by atoms with E-state index in [1.165, 1.54) is 10.1 Å². The number of benzene rings is 1. The predicted octanol–water partition coefficient (Wildman–Crippen LogP) is 0.990.